The molecule has 4 N–H and O–H groups in total. The van der Waals surface area contributed by atoms with Crippen molar-refractivity contribution in [3.8, 4) is 16.9 Å². The molecular weight excluding hydrogens is 444 g/mol. The number of anilines is 1. The summed E-state index contributed by atoms with van der Waals surface area (Å²) in [5.41, 5.74) is 7.86. The van der Waals surface area contributed by atoms with E-state index in [1.54, 1.807) is 30.1 Å². The van der Waals surface area contributed by atoms with Crippen LogP contribution in [0.25, 0.3) is 11.1 Å². The van der Waals surface area contributed by atoms with Crippen molar-refractivity contribution in [2.24, 2.45) is 0 Å². The third kappa shape index (κ3) is 4.48. The molecule has 31 heavy (non-hydrogen) atoms. The third-order valence-electron chi connectivity index (χ3n) is 5.36. The third-order valence-corrected chi connectivity index (χ3v) is 6.07. The van der Waals surface area contributed by atoms with Gasteiger partial charge in [-0.15, -0.1) is 0 Å². The van der Waals surface area contributed by atoms with Gasteiger partial charge in [0.2, 0.25) is 0 Å². The predicted molar refractivity (Wildman–Crippen MR) is 118 cm³/mol. The van der Waals surface area contributed by atoms with E-state index in [-0.39, 0.29) is 16.9 Å². The summed E-state index contributed by atoms with van der Waals surface area (Å²) in [6.45, 7) is 3.13. The summed E-state index contributed by atoms with van der Waals surface area (Å²) >= 11 is 12.3. The van der Waals surface area contributed by atoms with E-state index < -0.39 is 18.0 Å². The average molecular weight is 466 g/mol. The number of pyridine rings is 1. The van der Waals surface area contributed by atoms with Gasteiger partial charge in [0.05, 0.1) is 23.4 Å². The van der Waals surface area contributed by atoms with Crippen LogP contribution in [0, 0.1) is 5.82 Å². The molecule has 10 heteroatoms. The molecule has 7 nitrogen and oxygen atoms in total. The lowest BCUT2D eigenvalue weighted by molar-refractivity contribution is 0.0783. The lowest BCUT2D eigenvalue weighted by Gasteiger charge is -2.28. The van der Waals surface area contributed by atoms with Crippen LogP contribution in [0.15, 0.2) is 36.8 Å². The zero-order chi connectivity index (χ0) is 22.1. The molecule has 1 saturated heterocycles. The summed E-state index contributed by atoms with van der Waals surface area (Å²) in [6.07, 6.45) is 4.71. The van der Waals surface area contributed by atoms with Crippen molar-refractivity contribution in [2.75, 3.05) is 18.8 Å². The number of aliphatic hydroxyl groups excluding tert-OH is 1. The zero-order valence-electron chi connectivity index (χ0n) is 16.7. The Kier molecular flexibility index (Phi) is 6.34. The number of nitrogens with two attached hydrogens (primary N) is 1. The van der Waals surface area contributed by atoms with Gasteiger partial charge in [0.15, 0.2) is 11.6 Å². The number of nitrogen functional groups attached to an aromatic ring is 1. The number of piperidine rings is 1. The van der Waals surface area contributed by atoms with E-state index >= 15 is 0 Å². The first-order chi connectivity index (χ1) is 14.8. The number of aromatic nitrogens is 3. The Hall–Kier alpha value is -2.39. The first kappa shape index (κ1) is 21.8. The summed E-state index contributed by atoms with van der Waals surface area (Å²) in [5.74, 6) is -0.0878. The summed E-state index contributed by atoms with van der Waals surface area (Å²) in [4.78, 5) is 4.22. The molecule has 0 radical (unpaired) electrons. The largest absolute Gasteiger partial charge is 0.482 e. The van der Waals surface area contributed by atoms with Gasteiger partial charge >= 0.3 is 0 Å². The Morgan fingerprint density at radius 3 is 2.90 bits per heavy atom. The van der Waals surface area contributed by atoms with Crippen LogP contribution in [0.5, 0.6) is 5.75 Å². The van der Waals surface area contributed by atoms with Gasteiger partial charge in [-0.3, -0.25) is 4.68 Å². The Morgan fingerprint density at radius 1 is 1.32 bits per heavy atom. The quantitative estimate of drug-likeness (QED) is 0.492. The van der Waals surface area contributed by atoms with Gasteiger partial charge in [-0.05, 0) is 38.1 Å². The molecule has 4 rings (SSSR count). The van der Waals surface area contributed by atoms with Gasteiger partial charge in [-0.1, -0.05) is 23.2 Å². The van der Waals surface area contributed by atoms with Gasteiger partial charge in [-0.2, -0.15) is 5.10 Å². The number of benzene rings is 1. The van der Waals surface area contributed by atoms with Crippen LogP contribution < -0.4 is 15.8 Å². The van der Waals surface area contributed by atoms with E-state index in [0.717, 1.165) is 17.7 Å². The minimum atomic E-state index is -0.666. The Labute approximate surface area is 188 Å². The normalized spacial score (nSPS) is 19.9. The van der Waals surface area contributed by atoms with Crippen LogP contribution >= 0.6 is 23.2 Å². The highest BCUT2D eigenvalue weighted by atomic mass is 35.5. The number of hydrogen-bond acceptors (Lipinski definition) is 6. The van der Waals surface area contributed by atoms with E-state index in [2.05, 4.69) is 15.4 Å². The summed E-state index contributed by atoms with van der Waals surface area (Å²) in [7, 11) is 0. The topological polar surface area (TPSA) is 98.2 Å². The molecule has 1 aliphatic rings. The Morgan fingerprint density at radius 2 is 2.13 bits per heavy atom. The van der Waals surface area contributed by atoms with E-state index in [4.69, 9.17) is 33.7 Å². The highest BCUT2D eigenvalue weighted by Gasteiger charge is 2.25. The van der Waals surface area contributed by atoms with E-state index in [0.29, 0.717) is 29.3 Å². The van der Waals surface area contributed by atoms with Crippen molar-refractivity contribution in [3.63, 3.8) is 0 Å². The molecule has 1 fully saturated rings. The Balaban J connectivity index is 1.59. The molecule has 3 heterocycles. The van der Waals surface area contributed by atoms with Gasteiger partial charge in [0.1, 0.15) is 11.9 Å². The molecule has 0 spiro atoms. The standard InChI is InChI=1S/C21H22Cl2FN5O2/c1-11(19-14(22)2-3-15(24)20(19)23)31-18-6-12(7-27-21(18)25)13-8-28-29(10-13)16-9-26-5-4-17(16)30/h2-3,6-8,10-11,16-17,26,30H,4-5,9H2,1H3,(H2,25,27). The predicted octanol–water partition coefficient (Wildman–Crippen LogP) is 4.01. The summed E-state index contributed by atoms with van der Waals surface area (Å²) < 4.78 is 21.6. The first-order valence-electron chi connectivity index (χ1n) is 9.84. The van der Waals surface area contributed by atoms with Gasteiger partial charge in [-0.25, -0.2) is 9.37 Å². The van der Waals surface area contributed by atoms with E-state index in [1.807, 2.05) is 6.20 Å². The van der Waals surface area contributed by atoms with Gasteiger partial charge < -0.3 is 20.9 Å². The molecule has 0 saturated carbocycles. The molecule has 164 valence electrons. The maximum atomic E-state index is 13.9. The minimum Gasteiger partial charge on any atom is -0.482 e. The monoisotopic (exact) mass is 465 g/mol. The van der Waals surface area contributed by atoms with Crippen molar-refractivity contribution in [1.29, 1.82) is 0 Å². The van der Waals surface area contributed by atoms with Crippen molar-refractivity contribution >= 4 is 29.0 Å². The molecule has 3 unspecified atom stereocenters. The molecule has 0 amide bonds. The molecular formula is C21H22Cl2FN5O2. The fraction of sp³-hybridized carbons (Fsp3) is 0.333. The highest BCUT2D eigenvalue weighted by molar-refractivity contribution is 6.36. The van der Waals surface area contributed by atoms with Crippen molar-refractivity contribution in [2.45, 2.75) is 31.6 Å². The molecule has 1 aliphatic heterocycles. The lowest BCUT2D eigenvalue weighted by atomic mass is 10.0. The van der Waals surface area contributed by atoms with Crippen LogP contribution in [0.1, 0.15) is 31.1 Å². The first-order valence-corrected chi connectivity index (χ1v) is 10.6. The maximum absolute atomic E-state index is 13.9. The number of nitrogens with one attached hydrogen (secondary N) is 1. The van der Waals surface area contributed by atoms with Crippen LogP contribution in [0.4, 0.5) is 10.2 Å². The average Bonchev–Trinajstić information content (AvgIpc) is 3.23. The van der Waals surface area contributed by atoms with Gasteiger partial charge in [0.25, 0.3) is 0 Å². The van der Waals surface area contributed by atoms with E-state index in [1.165, 1.54) is 12.1 Å². The number of ether oxygens (including phenoxy) is 1. The lowest BCUT2D eigenvalue weighted by Crippen LogP contribution is -2.41. The van der Waals surface area contributed by atoms with Crippen molar-refractivity contribution in [3.05, 3.63) is 58.2 Å². The highest BCUT2D eigenvalue weighted by Crippen LogP contribution is 2.37. The molecule has 0 bridgehead atoms. The molecule has 0 aliphatic carbocycles. The Bertz CT molecular complexity index is 1090. The molecule has 2 aromatic heterocycles. The molecule has 1 aromatic carbocycles. The van der Waals surface area contributed by atoms with Crippen molar-refractivity contribution < 1.29 is 14.2 Å². The minimum absolute atomic E-state index is 0.0939. The molecule has 3 aromatic rings. The van der Waals surface area contributed by atoms with Crippen LogP contribution in [-0.2, 0) is 0 Å². The zero-order valence-corrected chi connectivity index (χ0v) is 18.2. The SMILES string of the molecule is CC(Oc1cc(-c2cnn(C3CNCCC3O)c2)cnc1N)c1c(Cl)ccc(F)c1Cl. The second kappa shape index (κ2) is 9.00. The van der Waals surface area contributed by atoms with Crippen LogP contribution in [0.3, 0.4) is 0 Å². The van der Waals surface area contributed by atoms with Crippen molar-refractivity contribution in [1.82, 2.24) is 20.1 Å². The summed E-state index contributed by atoms with van der Waals surface area (Å²) in [6, 6.07) is 4.22. The maximum Gasteiger partial charge on any atom is 0.166 e. The fourth-order valence-electron chi connectivity index (χ4n) is 3.64. The van der Waals surface area contributed by atoms with Gasteiger partial charge in [0, 0.05) is 40.7 Å². The number of hydrogen-bond donors (Lipinski definition) is 3. The number of halogens is 3. The smallest absolute Gasteiger partial charge is 0.166 e. The summed E-state index contributed by atoms with van der Waals surface area (Å²) in [5, 5.41) is 18.1. The number of nitrogens with zero attached hydrogens (tertiary/aromatic N) is 3. The second-order valence-electron chi connectivity index (χ2n) is 7.46. The second-order valence-corrected chi connectivity index (χ2v) is 8.25. The van der Waals surface area contributed by atoms with Crippen LogP contribution in [0.2, 0.25) is 10.0 Å². The number of aliphatic hydroxyl groups is 1. The number of rotatable bonds is 5. The van der Waals surface area contributed by atoms with E-state index in [9.17, 15) is 9.50 Å². The van der Waals surface area contributed by atoms with Crippen LogP contribution in [-0.4, -0.2) is 39.1 Å². The molecule has 3 atom stereocenters. The fourth-order valence-corrected chi connectivity index (χ4v) is 4.32.